The summed E-state index contributed by atoms with van der Waals surface area (Å²) < 4.78 is 25.1. The van der Waals surface area contributed by atoms with E-state index in [2.05, 4.69) is 0 Å². The third kappa shape index (κ3) is 2.28. The van der Waals surface area contributed by atoms with Gasteiger partial charge in [0.1, 0.15) is 4.90 Å². The number of hydrogen-bond donors (Lipinski definition) is 1. The van der Waals surface area contributed by atoms with Gasteiger partial charge in [-0.3, -0.25) is 0 Å². The Morgan fingerprint density at radius 2 is 1.69 bits per heavy atom. The molecular weight excluding hydrogens is 226 g/mol. The lowest BCUT2D eigenvalue weighted by atomic mass is 10.3. The van der Waals surface area contributed by atoms with Gasteiger partial charge in [-0.15, -0.1) is 0 Å². The maximum Gasteiger partial charge on any atom is 0.244 e. The lowest BCUT2D eigenvalue weighted by molar-refractivity contribution is 0.521. The van der Waals surface area contributed by atoms with Crippen molar-refractivity contribution < 1.29 is 8.42 Å². The first-order valence-corrected chi connectivity index (χ1v) is 6.20. The summed E-state index contributed by atoms with van der Waals surface area (Å²) >= 11 is 0. The van der Waals surface area contributed by atoms with Gasteiger partial charge in [-0.25, -0.2) is 12.7 Å². The van der Waals surface area contributed by atoms with Gasteiger partial charge in [0.15, 0.2) is 0 Å². The van der Waals surface area contributed by atoms with Gasteiger partial charge < -0.3 is 10.6 Å². The topological polar surface area (TPSA) is 66.6 Å². The van der Waals surface area contributed by atoms with Crippen molar-refractivity contribution in [1.82, 2.24) is 4.31 Å². The van der Waals surface area contributed by atoms with Crippen molar-refractivity contribution in [2.75, 3.05) is 38.8 Å². The number of nitrogens with zero attached hydrogens (tertiary/aromatic N) is 2. The number of nitrogen functional groups attached to an aromatic ring is 1. The maximum atomic E-state index is 12.0. The molecule has 16 heavy (non-hydrogen) atoms. The molecule has 0 unspecified atom stereocenters. The molecule has 0 atom stereocenters. The van der Waals surface area contributed by atoms with Crippen LogP contribution < -0.4 is 10.6 Å². The van der Waals surface area contributed by atoms with Crippen LogP contribution in [-0.2, 0) is 10.0 Å². The van der Waals surface area contributed by atoms with Crippen LogP contribution in [0.3, 0.4) is 0 Å². The second-order valence-corrected chi connectivity index (χ2v) is 6.02. The predicted molar refractivity (Wildman–Crippen MR) is 66.1 cm³/mol. The van der Waals surface area contributed by atoms with Crippen molar-refractivity contribution >= 4 is 21.4 Å². The first kappa shape index (κ1) is 12.8. The van der Waals surface area contributed by atoms with Gasteiger partial charge >= 0.3 is 0 Å². The van der Waals surface area contributed by atoms with Crippen LogP contribution in [0.5, 0.6) is 0 Å². The Balaban J connectivity index is 3.39. The van der Waals surface area contributed by atoms with Gasteiger partial charge in [0, 0.05) is 33.9 Å². The molecule has 0 aliphatic carbocycles. The summed E-state index contributed by atoms with van der Waals surface area (Å²) in [6.45, 7) is 0. The van der Waals surface area contributed by atoms with Crippen molar-refractivity contribution in [2.45, 2.75) is 4.90 Å². The van der Waals surface area contributed by atoms with Gasteiger partial charge in [0.25, 0.3) is 0 Å². The summed E-state index contributed by atoms with van der Waals surface area (Å²) in [6, 6.07) is 4.96. The van der Waals surface area contributed by atoms with Crippen LogP contribution in [0, 0.1) is 0 Å². The summed E-state index contributed by atoms with van der Waals surface area (Å²) in [7, 11) is 3.17. The van der Waals surface area contributed by atoms with Crippen molar-refractivity contribution in [1.29, 1.82) is 0 Å². The molecule has 0 heterocycles. The van der Waals surface area contributed by atoms with E-state index in [1.807, 2.05) is 19.0 Å². The monoisotopic (exact) mass is 243 g/mol. The van der Waals surface area contributed by atoms with Crippen LogP contribution in [0.2, 0.25) is 0 Å². The Hall–Kier alpha value is -1.27. The Morgan fingerprint density at radius 3 is 2.12 bits per heavy atom. The van der Waals surface area contributed by atoms with E-state index in [4.69, 9.17) is 5.73 Å². The fourth-order valence-electron chi connectivity index (χ4n) is 1.22. The average Bonchev–Trinajstić information content (AvgIpc) is 2.17. The van der Waals surface area contributed by atoms with E-state index in [1.165, 1.54) is 14.1 Å². The molecule has 0 aliphatic rings. The van der Waals surface area contributed by atoms with Gasteiger partial charge in [0.2, 0.25) is 10.0 Å². The molecule has 0 radical (unpaired) electrons. The fraction of sp³-hybridized carbons (Fsp3) is 0.400. The zero-order valence-electron chi connectivity index (χ0n) is 9.93. The van der Waals surface area contributed by atoms with Crippen LogP contribution in [0.4, 0.5) is 11.4 Å². The quantitative estimate of drug-likeness (QED) is 0.789. The molecule has 0 bridgehead atoms. The van der Waals surface area contributed by atoms with Crippen LogP contribution >= 0.6 is 0 Å². The molecular formula is C10H17N3O2S. The minimum Gasteiger partial charge on any atom is -0.398 e. The first-order chi connectivity index (χ1) is 7.26. The lowest BCUT2D eigenvalue weighted by Gasteiger charge is -2.17. The molecule has 0 spiro atoms. The highest BCUT2D eigenvalue weighted by atomic mass is 32.2. The fourth-order valence-corrected chi connectivity index (χ4v) is 2.25. The molecule has 0 aromatic heterocycles. The van der Waals surface area contributed by atoms with E-state index in [1.54, 1.807) is 18.2 Å². The SMILES string of the molecule is CN(C)c1ccc(N)c(S(=O)(=O)N(C)C)c1. The molecule has 1 aromatic rings. The highest BCUT2D eigenvalue weighted by Crippen LogP contribution is 2.25. The average molecular weight is 243 g/mol. The molecule has 6 heteroatoms. The van der Waals surface area contributed by atoms with E-state index in [0.717, 1.165) is 9.99 Å². The largest absolute Gasteiger partial charge is 0.398 e. The molecule has 0 saturated carbocycles. The highest BCUT2D eigenvalue weighted by Gasteiger charge is 2.20. The van der Waals surface area contributed by atoms with Crippen LogP contribution in [0.1, 0.15) is 0 Å². The first-order valence-electron chi connectivity index (χ1n) is 4.76. The second kappa shape index (κ2) is 4.31. The van der Waals surface area contributed by atoms with Crippen molar-refractivity contribution in [2.24, 2.45) is 0 Å². The van der Waals surface area contributed by atoms with E-state index < -0.39 is 10.0 Å². The summed E-state index contributed by atoms with van der Waals surface area (Å²) in [5, 5.41) is 0. The molecule has 0 aliphatic heterocycles. The van der Waals surface area contributed by atoms with Crippen molar-refractivity contribution in [3.63, 3.8) is 0 Å². The van der Waals surface area contributed by atoms with Gasteiger partial charge in [-0.05, 0) is 18.2 Å². The zero-order valence-corrected chi connectivity index (χ0v) is 10.7. The van der Waals surface area contributed by atoms with Crippen molar-refractivity contribution in [3.05, 3.63) is 18.2 Å². The molecule has 90 valence electrons. The van der Waals surface area contributed by atoms with Gasteiger partial charge in [-0.2, -0.15) is 0 Å². The summed E-state index contributed by atoms with van der Waals surface area (Å²) in [4.78, 5) is 1.97. The summed E-state index contributed by atoms with van der Waals surface area (Å²) in [5.41, 5.74) is 6.75. The third-order valence-electron chi connectivity index (χ3n) is 2.27. The van der Waals surface area contributed by atoms with E-state index >= 15 is 0 Å². The summed E-state index contributed by atoms with van der Waals surface area (Å²) in [6.07, 6.45) is 0. The lowest BCUT2D eigenvalue weighted by Crippen LogP contribution is -2.23. The number of benzene rings is 1. The number of nitrogens with two attached hydrogens (primary N) is 1. The number of anilines is 2. The predicted octanol–water partition coefficient (Wildman–Crippen LogP) is 0.585. The van der Waals surface area contributed by atoms with Gasteiger partial charge in [0.05, 0.1) is 5.69 Å². The zero-order chi connectivity index (χ0) is 12.5. The number of hydrogen-bond acceptors (Lipinski definition) is 4. The molecule has 1 aromatic carbocycles. The second-order valence-electron chi connectivity index (χ2n) is 3.90. The number of sulfonamides is 1. The van der Waals surface area contributed by atoms with Crippen molar-refractivity contribution in [3.8, 4) is 0 Å². The molecule has 0 fully saturated rings. The Bertz CT molecular complexity index is 481. The standard InChI is InChI=1S/C10H17N3O2S/c1-12(2)8-5-6-9(11)10(7-8)16(14,15)13(3)4/h5-7H,11H2,1-4H3. The normalized spacial score (nSPS) is 11.8. The van der Waals surface area contributed by atoms with E-state index in [0.29, 0.717) is 0 Å². The minimum absolute atomic E-state index is 0.142. The Kier molecular flexibility index (Phi) is 3.44. The molecule has 1 rings (SSSR count). The summed E-state index contributed by atoms with van der Waals surface area (Å²) in [5.74, 6) is 0. The Labute approximate surface area is 96.5 Å². The highest BCUT2D eigenvalue weighted by molar-refractivity contribution is 7.89. The van der Waals surface area contributed by atoms with Crippen LogP contribution in [0.15, 0.2) is 23.1 Å². The van der Waals surface area contributed by atoms with E-state index in [-0.39, 0.29) is 10.6 Å². The minimum atomic E-state index is -3.48. The molecule has 5 nitrogen and oxygen atoms in total. The Morgan fingerprint density at radius 1 is 1.12 bits per heavy atom. The maximum absolute atomic E-state index is 12.0. The molecule has 0 amide bonds. The molecule has 0 saturated heterocycles. The third-order valence-corrected chi connectivity index (χ3v) is 4.14. The van der Waals surface area contributed by atoms with Crippen LogP contribution in [0.25, 0.3) is 0 Å². The van der Waals surface area contributed by atoms with E-state index in [9.17, 15) is 8.42 Å². The van der Waals surface area contributed by atoms with Gasteiger partial charge in [-0.1, -0.05) is 0 Å². The smallest absolute Gasteiger partial charge is 0.244 e. The number of rotatable bonds is 3. The molecule has 2 N–H and O–H groups in total. The van der Waals surface area contributed by atoms with Crippen LogP contribution in [-0.4, -0.2) is 40.9 Å².